The van der Waals surface area contributed by atoms with Gasteiger partial charge in [0.25, 0.3) is 11.8 Å². The van der Waals surface area contributed by atoms with Gasteiger partial charge in [0.15, 0.2) is 20.5 Å². The van der Waals surface area contributed by atoms with Crippen molar-refractivity contribution in [3.05, 3.63) is 43.3 Å². The summed E-state index contributed by atoms with van der Waals surface area (Å²) in [6.45, 7) is 4.16. The van der Waals surface area contributed by atoms with E-state index in [1.165, 1.54) is 55.1 Å². The molecule has 10 nitrogen and oxygen atoms in total. The largest absolute Gasteiger partial charge is 0.344 e. The van der Waals surface area contributed by atoms with Crippen LogP contribution in [-0.2, 0) is 11.8 Å². The number of amides is 2. The van der Waals surface area contributed by atoms with Crippen molar-refractivity contribution in [2.45, 2.75) is 25.7 Å². The molecule has 188 valence electrons. The standard InChI is InChI=1S/C22H24N8O2S4/c1-22(2)12-8-33-18(25-12)27-20-23-10(14(35-20)16(31)29(3)4)7-11-15(17(32)30(5)6)36-21(24-11)28-19-26-13(22)9-34-19/h8-9H,7H2,1-6H3,(H,23,25,27)(H,24,26,28). The summed E-state index contributed by atoms with van der Waals surface area (Å²) in [5, 5.41) is 13.1. The van der Waals surface area contributed by atoms with Crippen molar-refractivity contribution in [3.8, 4) is 0 Å². The minimum absolute atomic E-state index is 0.154. The first-order valence-corrected chi connectivity index (χ1v) is 14.3. The first-order chi connectivity index (χ1) is 17.0. The number of fused-ring (bicyclic) bond motifs is 8. The highest BCUT2D eigenvalue weighted by Gasteiger charge is 2.31. The number of nitrogens with one attached hydrogen (secondary N) is 2. The van der Waals surface area contributed by atoms with E-state index in [-0.39, 0.29) is 18.2 Å². The Morgan fingerprint density at radius 3 is 1.56 bits per heavy atom. The quantitative estimate of drug-likeness (QED) is 0.365. The zero-order valence-corrected chi connectivity index (χ0v) is 23.8. The maximum atomic E-state index is 13.0. The molecule has 0 atom stereocenters. The number of rotatable bonds is 2. The van der Waals surface area contributed by atoms with Crippen molar-refractivity contribution in [1.82, 2.24) is 29.7 Å². The van der Waals surface area contributed by atoms with E-state index in [0.717, 1.165) is 11.4 Å². The third kappa shape index (κ3) is 4.49. The maximum Gasteiger partial charge on any atom is 0.265 e. The fourth-order valence-corrected chi connectivity index (χ4v) is 7.39. The molecule has 5 heterocycles. The van der Waals surface area contributed by atoms with E-state index in [1.807, 2.05) is 10.8 Å². The van der Waals surface area contributed by atoms with Crippen LogP contribution in [0.3, 0.4) is 0 Å². The van der Waals surface area contributed by atoms with Crippen molar-refractivity contribution < 1.29 is 9.59 Å². The molecule has 0 saturated carbocycles. The Bertz CT molecular complexity index is 1360. The minimum atomic E-state index is -0.426. The van der Waals surface area contributed by atoms with Gasteiger partial charge in [-0.15, -0.1) is 22.7 Å². The predicted octanol–water partition coefficient (Wildman–Crippen LogP) is 4.63. The monoisotopic (exact) mass is 560 g/mol. The second kappa shape index (κ2) is 9.18. The van der Waals surface area contributed by atoms with Crippen molar-refractivity contribution >= 4 is 77.7 Å². The summed E-state index contributed by atoms with van der Waals surface area (Å²) in [4.78, 5) is 49.1. The molecular formula is C22H24N8O2S4. The van der Waals surface area contributed by atoms with Crippen molar-refractivity contribution in [3.63, 3.8) is 0 Å². The Morgan fingerprint density at radius 2 is 1.17 bits per heavy atom. The summed E-state index contributed by atoms with van der Waals surface area (Å²) in [6, 6.07) is 0. The van der Waals surface area contributed by atoms with Gasteiger partial charge in [0.05, 0.1) is 28.2 Å². The number of hydrogen-bond acceptors (Lipinski definition) is 12. The van der Waals surface area contributed by atoms with Gasteiger partial charge in [-0.2, -0.15) is 0 Å². The molecule has 2 amide bonds. The molecule has 0 unspecified atom stereocenters. The topological polar surface area (TPSA) is 116 Å². The average Bonchev–Trinajstić information content (AvgIpc) is 3.60. The van der Waals surface area contributed by atoms with E-state index in [4.69, 9.17) is 19.9 Å². The number of carbonyl (C=O) groups is 2. The molecule has 1 aliphatic rings. The Labute approximate surface area is 224 Å². The number of thiazole rings is 4. The Morgan fingerprint density at radius 1 is 0.750 bits per heavy atom. The molecule has 8 bridgehead atoms. The smallest absolute Gasteiger partial charge is 0.265 e. The van der Waals surface area contributed by atoms with E-state index >= 15 is 0 Å². The van der Waals surface area contributed by atoms with Crippen LogP contribution in [0.1, 0.15) is 56.0 Å². The first-order valence-electron chi connectivity index (χ1n) is 10.9. The summed E-state index contributed by atoms with van der Waals surface area (Å²) in [6.07, 6.45) is 0.236. The molecule has 4 aromatic heterocycles. The Kier molecular flexibility index (Phi) is 6.31. The van der Waals surface area contributed by atoms with Gasteiger partial charge in [0.2, 0.25) is 0 Å². The number of anilines is 4. The van der Waals surface area contributed by atoms with Gasteiger partial charge in [0.1, 0.15) is 9.75 Å². The van der Waals surface area contributed by atoms with Crippen LogP contribution in [0.15, 0.2) is 10.8 Å². The number of hydrogen-bond donors (Lipinski definition) is 2. The molecule has 2 N–H and O–H groups in total. The second-order valence-corrected chi connectivity index (χ2v) is 12.8. The summed E-state index contributed by atoms with van der Waals surface area (Å²) in [7, 11) is 6.82. The number of carbonyl (C=O) groups excluding carboxylic acids is 2. The molecule has 14 heteroatoms. The van der Waals surface area contributed by atoms with E-state index in [0.29, 0.717) is 41.7 Å². The summed E-state index contributed by atoms with van der Waals surface area (Å²) < 4.78 is 0. The van der Waals surface area contributed by atoms with Crippen LogP contribution >= 0.6 is 45.3 Å². The summed E-state index contributed by atoms with van der Waals surface area (Å²) in [5.41, 5.74) is 2.47. The molecule has 4 aromatic rings. The molecule has 0 radical (unpaired) electrons. The molecule has 0 aromatic carbocycles. The van der Waals surface area contributed by atoms with Crippen molar-refractivity contribution in [1.29, 1.82) is 0 Å². The van der Waals surface area contributed by atoms with Gasteiger partial charge in [-0.1, -0.05) is 22.7 Å². The maximum absolute atomic E-state index is 13.0. The third-order valence-electron chi connectivity index (χ3n) is 5.65. The van der Waals surface area contributed by atoms with Gasteiger partial charge < -0.3 is 20.4 Å². The summed E-state index contributed by atoms with van der Waals surface area (Å²) >= 11 is 5.50. The van der Waals surface area contributed by atoms with Gasteiger partial charge in [0, 0.05) is 45.4 Å². The fourth-order valence-electron chi connectivity index (χ4n) is 3.50. The van der Waals surface area contributed by atoms with Gasteiger partial charge >= 0.3 is 0 Å². The lowest BCUT2D eigenvalue weighted by Gasteiger charge is -2.19. The van der Waals surface area contributed by atoms with E-state index in [2.05, 4.69) is 24.5 Å². The van der Waals surface area contributed by atoms with Gasteiger partial charge in [-0.3, -0.25) is 9.59 Å². The number of nitrogens with zero attached hydrogens (tertiary/aromatic N) is 6. The molecule has 5 rings (SSSR count). The lowest BCUT2D eigenvalue weighted by molar-refractivity contribution is 0.0825. The highest BCUT2D eigenvalue weighted by atomic mass is 32.1. The van der Waals surface area contributed by atoms with Crippen molar-refractivity contribution in [2.75, 3.05) is 38.8 Å². The van der Waals surface area contributed by atoms with Crippen LogP contribution in [0.5, 0.6) is 0 Å². The minimum Gasteiger partial charge on any atom is -0.344 e. The highest BCUT2D eigenvalue weighted by Crippen LogP contribution is 2.38. The SMILES string of the molecule is CN(C)C(=O)c1sc2nc1Cc1nc(sc1C(=O)N(C)C)Nc1nc(cs1)C(C)(C)c1csc(n1)N2. The van der Waals surface area contributed by atoms with Gasteiger partial charge in [-0.25, -0.2) is 19.9 Å². The van der Waals surface area contributed by atoms with Crippen LogP contribution in [-0.4, -0.2) is 69.7 Å². The molecule has 0 spiro atoms. The van der Waals surface area contributed by atoms with E-state index in [1.54, 1.807) is 28.2 Å². The zero-order valence-electron chi connectivity index (χ0n) is 20.5. The zero-order chi connectivity index (χ0) is 25.8. The van der Waals surface area contributed by atoms with Gasteiger partial charge in [-0.05, 0) is 13.8 Å². The number of aromatic nitrogens is 4. The van der Waals surface area contributed by atoms with E-state index in [9.17, 15) is 9.59 Å². The molecule has 36 heavy (non-hydrogen) atoms. The Balaban J connectivity index is 1.67. The average molecular weight is 561 g/mol. The van der Waals surface area contributed by atoms with Crippen LogP contribution < -0.4 is 10.6 Å². The van der Waals surface area contributed by atoms with Crippen LogP contribution in [0.25, 0.3) is 0 Å². The van der Waals surface area contributed by atoms with E-state index < -0.39 is 5.41 Å². The molecule has 0 fully saturated rings. The normalized spacial score (nSPS) is 14.1. The fraction of sp³-hybridized carbons (Fsp3) is 0.364. The summed E-state index contributed by atoms with van der Waals surface area (Å²) in [5.74, 6) is -0.308. The Hall–Kier alpha value is -2.94. The first kappa shape index (κ1) is 24.7. The second-order valence-electron chi connectivity index (χ2n) is 9.12. The van der Waals surface area contributed by atoms with Crippen molar-refractivity contribution in [2.24, 2.45) is 0 Å². The predicted molar refractivity (Wildman–Crippen MR) is 146 cm³/mol. The molecule has 0 saturated heterocycles. The van der Waals surface area contributed by atoms with Crippen LogP contribution in [0.4, 0.5) is 20.5 Å². The van der Waals surface area contributed by atoms with Crippen LogP contribution in [0, 0.1) is 0 Å². The van der Waals surface area contributed by atoms with Crippen LogP contribution in [0.2, 0.25) is 0 Å². The molecule has 1 aliphatic heterocycles. The highest BCUT2D eigenvalue weighted by molar-refractivity contribution is 7.19. The lowest BCUT2D eigenvalue weighted by atomic mass is 9.87. The molecular weight excluding hydrogens is 537 g/mol. The molecule has 0 aliphatic carbocycles. The lowest BCUT2D eigenvalue weighted by Crippen LogP contribution is -2.23. The third-order valence-corrected chi connectivity index (χ3v) is 9.16.